The van der Waals surface area contributed by atoms with E-state index in [1.807, 2.05) is 31.4 Å². The summed E-state index contributed by atoms with van der Waals surface area (Å²) < 4.78 is 5.16. The first-order chi connectivity index (χ1) is 6.68. The van der Waals surface area contributed by atoms with Crippen LogP contribution in [0.15, 0.2) is 17.5 Å². The van der Waals surface area contributed by atoms with Crippen LogP contribution in [-0.2, 0) is 16.1 Å². The van der Waals surface area contributed by atoms with Gasteiger partial charge in [0.2, 0.25) is 5.91 Å². The van der Waals surface area contributed by atoms with Crippen LogP contribution in [0.4, 0.5) is 0 Å². The number of thiophene rings is 1. The lowest BCUT2D eigenvalue weighted by Gasteiger charge is -2.07. The molecule has 4 heteroatoms. The van der Waals surface area contributed by atoms with E-state index in [1.165, 1.54) is 0 Å². The molecule has 14 heavy (non-hydrogen) atoms. The maximum absolute atomic E-state index is 11.2. The van der Waals surface area contributed by atoms with Gasteiger partial charge in [0.15, 0.2) is 0 Å². The molecule has 0 aliphatic carbocycles. The Morgan fingerprint density at radius 1 is 1.64 bits per heavy atom. The van der Waals surface area contributed by atoms with Crippen molar-refractivity contribution in [3.8, 4) is 0 Å². The fourth-order valence-corrected chi connectivity index (χ4v) is 1.54. The van der Waals surface area contributed by atoms with Crippen LogP contribution in [0.25, 0.3) is 0 Å². The van der Waals surface area contributed by atoms with Gasteiger partial charge in [0.1, 0.15) is 6.61 Å². The van der Waals surface area contributed by atoms with Gasteiger partial charge in [-0.1, -0.05) is 6.07 Å². The van der Waals surface area contributed by atoms with E-state index in [-0.39, 0.29) is 18.6 Å². The summed E-state index contributed by atoms with van der Waals surface area (Å²) in [6.45, 7) is 4.56. The van der Waals surface area contributed by atoms with E-state index in [2.05, 4.69) is 5.32 Å². The Hall–Kier alpha value is -0.870. The summed E-state index contributed by atoms with van der Waals surface area (Å²) >= 11 is 1.63. The van der Waals surface area contributed by atoms with Gasteiger partial charge in [-0.2, -0.15) is 0 Å². The van der Waals surface area contributed by atoms with Crippen LogP contribution in [-0.4, -0.2) is 18.6 Å². The molecular formula is C10H15NO2S. The van der Waals surface area contributed by atoms with E-state index >= 15 is 0 Å². The Morgan fingerprint density at radius 2 is 2.43 bits per heavy atom. The smallest absolute Gasteiger partial charge is 0.246 e. The third-order valence-electron chi connectivity index (χ3n) is 1.59. The maximum atomic E-state index is 11.2. The van der Waals surface area contributed by atoms with E-state index in [0.29, 0.717) is 6.54 Å². The topological polar surface area (TPSA) is 38.3 Å². The van der Waals surface area contributed by atoms with Crippen LogP contribution in [0.5, 0.6) is 0 Å². The van der Waals surface area contributed by atoms with Crippen molar-refractivity contribution in [3.05, 3.63) is 22.4 Å². The first-order valence-electron chi connectivity index (χ1n) is 4.59. The number of amides is 1. The van der Waals surface area contributed by atoms with Gasteiger partial charge in [-0.3, -0.25) is 4.79 Å². The molecule has 0 radical (unpaired) electrons. The predicted molar refractivity (Wildman–Crippen MR) is 57.3 cm³/mol. The molecule has 0 aliphatic heterocycles. The van der Waals surface area contributed by atoms with Crippen molar-refractivity contribution in [1.82, 2.24) is 5.32 Å². The minimum Gasteiger partial charge on any atom is -0.369 e. The monoisotopic (exact) mass is 213 g/mol. The zero-order chi connectivity index (χ0) is 10.4. The summed E-state index contributed by atoms with van der Waals surface area (Å²) in [5.74, 6) is -0.0629. The average Bonchev–Trinajstić information content (AvgIpc) is 2.63. The lowest BCUT2D eigenvalue weighted by atomic mass is 10.4. The molecule has 3 nitrogen and oxygen atoms in total. The molecule has 0 saturated carbocycles. The van der Waals surface area contributed by atoms with Crippen molar-refractivity contribution in [2.24, 2.45) is 0 Å². The lowest BCUT2D eigenvalue weighted by Crippen LogP contribution is -2.27. The van der Waals surface area contributed by atoms with Crippen LogP contribution in [0.1, 0.15) is 18.7 Å². The first-order valence-corrected chi connectivity index (χ1v) is 5.47. The minimum atomic E-state index is -0.0629. The van der Waals surface area contributed by atoms with Crippen LogP contribution < -0.4 is 5.32 Å². The largest absolute Gasteiger partial charge is 0.369 e. The van der Waals surface area contributed by atoms with Crippen molar-refractivity contribution in [3.63, 3.8) is 0 Å². The molecule has 0 aliphatic rings. The first kappa shape index (κ1) is 11.2. The molecular weight excluding hydrogens is 198 g/mol. The molecule has 1 rings (SSSR count). The van der Waals surface area contributed by atoms with Crippen LogP contribution in [0, 0.1) is 0 Å². The summed E-state index contributed by atoms with van der Waals surface area (Å²) in [5, 5.41) is 4.78. The molecule has 1 aromatic rings. The summed E-state index contributed by atoms with van der Waals surface area (Å²) in [6.07, 6.45) is 0.0995. The molecule has 1 aromatic heterocycles. The highest BCUT2D eigenvalue weighted by molar-refractivity contribution is 7.09. The molecule has 1 N–H and O–H groups in total. The second-order valence-corrected chi connectivity index (χ2v) is 4.25. The van der Waals surface area contributed by atoms with Crippen molar-refractivity contribution in [1.29, 1.82) is 0 Å². The van der Waals surface area contributed by atoms with Crippen LogP contribution >= 0.6 is 11.3 Å². The summed E-state index contributed by atoms with van der Waals surface area (Å²) in [4.78, 5) is 12.4. The molecule has 1 heterocycles. The van der Waals surface area contributed by atoms with Gasteiger partial charge < -0.3 is 10.1 Å². The highest BCUT2D eigenvalue weighted by Gasteiger charge is 2.02. The third kappa shape index (κ3) is 4.39. The maximum Gasteiger partial charge on any atom is 0.246 e. The SMILES string of the molecule is CC(C)OCC(=O)NCc1cccs1. The van der Waals surface area contributed by atoms with Gasteiger partial charge in [0.25, 0.3) is 0 Å². The van der Waals surface area contributed by atoms with Gasteiger partial charge >= 0.3 is 0 Å². The highest BCUT2D eigenvalue weighted by Crippen LogP contribution is 2.07. The molecule has 0 unspecified atom stereocenters. The summed E-state index contributed by atoms with van der Waals surface area (Å²) in [7, 11) is 0. The van der Waals surface area contributed by atoms with Gasteiger partial charge in [0, 0.05) is 4.88 Å². The highest BCUT2D eigenvalue weighted by atomic mass is 32.1. The number of hydrogen-bond donors (Lipinski definition) is 1. The molecule has 78 valence electrons. The average molecular weight is 213 g/mol. The van der Waals surface area contributed by atoms with E-state index in [4.69, 9.17) is 4.74 Å². The van der Waals surface area contributed by atoms with Crippen molar-refractivity contribution in [2.45, 2.75) is 26.5 Å². The molecule has 0 spiro atoms. The van der Waals surface area contributed by atoms with E-state index in [0.717, 1.165) is 4.88 Å². The van der Waals surface area contributed by atoms with Crippen LogP contribution in [0.2, 0.25) is 0 Å². The fraction of sp³-hybridized carbons (Fsp3) is 0.500. The third-order valence-corrected chi connectivity index (χ3v) is 2.46. The Labute approximate surface area is 88.1 Å². The Kier molecular flexibility index (Phi) is 4.62. The Morgan fingerprint density at radius 3 is 3.00 bits per heavy atom. The van der Waals surface area contributed by atoms with E-state index in [1.54, 1.807) is 11.3 Å². The number of carbonyl (C=O) groups is 1. The molecule has 0 aromatic carbocycles. The van der Waals surface area contributed by atoms with E-state index in [9.17, 15) is 4.79 Å². The number of rotatable bonds is 5. The predicted octanol–water partition coefficient (Wildman–Crippen LogP) is 1.79. The second-order valence-electron chi connectivity index (χ2n) is 3.22. The van der Waals surface area contributed by atoms with E-state index < -0.39 is 0 Å². The number of carbonyl (C=O) groups excluding carboxylic acids is 1. The standard InChI is InChI=1S/C10H15NO2S/c1-8(2)13-7-10(12)11-6-9-4-3-5-14-9/h3-5,8H,6-7H2,1-2H3,(H,11,12). The van der Waals surface area contributed by atoms with Gasteiger partial charge in [-0.25, -0.2) is 0 Å². The lowest BCUT2D eigenvalue weighted by molar-refractivity contribution is -0.127. The Balaban J connectivity index is 2.15. The van der Waals surface area contributed by atoms with Crippen LogP contribution in [0.3, 0.4) is 0 Å². The summed E-state index contributed by atoms with van der Waals surface area (Å²) in [6, 6.07) is 3.96. The van der Waals surface area contributed by atoms with Gasteiger partial charge in [-0.15, -0.1) is 11.3 Å². The normalized spacial score (nSPS) is 10.5. The molecule has 0 saturated heterocycles. The minimum absolute atomic E-state index is 0.0629. The zero-order valence-electron chi connectivity index (χ0n) is 8.45. The van der Waals surface area contributed by atoms with Crippen molar-refractivity contribution < 1.29 is 9.53 Å². The van der Waals surface area contributed by atoms with Gasteiger partial charge in [0.05, 0.1) is 12.6 Å². The Bertz CT molecular complexity index is 270. The summed E-state index contributed by atoms with van der Waals surface area (Å²) in [5.41, 5.74) is 0. The number of nitrogens with one attached hydrogen (secondary N) is 1. The van der Waals surface area contributed by atoms with Crippen molar-refractivity contribution in [2.75, 3.05) is 6.61 Å². The number of hydrogen-bond acceptors (Lipinski definition) is 3. The van der Waals surface area contributed by atoms with Crippen molar-refractivity contribution >= 4 is 17.2 Å². The molecule has 0 fully saturated rings. The second kappa shape index (κ2) is 5.78. The molecule has 0 atom stereocenters. The van der Waals surface area contributed by atoms with Gasteiger partial charge in [-0.05, 0) is 25.3 Å². The molecule has 1 amide bonds. The number of ether oxygens (including phenoxy) is 1. The fourth-order valence-electron chi connectivity index (χ4n) is 0.892. The zero-order valence-corrected chi connectivity index (χ0v) is 9.26. The molecule has 0 bridgehead atoms. The quantitative estimate of drug-likeness (QED) is 0.809.